The molecule has 4 heteroatoms. The number of aromatic hydroxyl groups is 1. The molecule has 92 valence electrons. The number of ketones is 1. The first-order chi connectivity index (χ1) is 7.89. The molecule has 1 aliphatic heterocycles. The van der Waals surface area contributed by atoms with Gasteiger partial charge >= 0.3 is 0 Å². The highest BCUT2D eigenvalue weighted by Crippen LogP contribution is 2.30. The average molecular weight is 235 g/mol. The predicted octanol–water partition coefficient (Wildman–Crippen LogP) is 1.56. The van der Waals surface area contributed by atoms with E-state index in [2.05, 4.69) is 0 Å². The molecular formula is C13H17NO3. The third-order valence-corrected chi connectivity index (χ3v) is 3.18. The van der Waals surface area contributed by atoms with Crippen LogP contribution in [0.5, 0.6) is 5.75 Å². The lowest BCUT2D eigenvalue weighted by molar-refractivity contribution is 0.0839. The summed E-state index contributed by atoms with van der Waals surface area (Å²) in [5, 5.41) is 19.6. The van der Waals surface area contributed by atoms with Crippen molar-refractivity contribution in [2.24, 2.45) is 0 Å². The van der Waals surface area contributed by atoms with Crippen LogP contribution in [0.2, 0.25) is 0 Å². The summed E-state index contributed by atoms with van der Waals surface area (Å²) in [5.41, 5.74) is 0.500. The second-order valence-electron chi connectivity index (χ2n) is 4.93. The van der Waals surface area contributed by atoms with Crippen molar-refractivity contribution in [3.63, 3.8) is 0 Å². The molecule has 0 spiro atoms. The van der Waals surface area contributed by atoms with Crippen molar-refractivity contribution in [1.29, 1.82) is 0 Å². The zero-order valence-corrected chi connectivity index (χ0v) is 10.1. The predicted molar refractivity (Wildman–Crippen MR) is 65.6 cm³/mol. The number of aliphatic hydroxyl groups is 1. The number of carbonyl (C=O) groups is 1. The number of carbonyl (C=O) groups excluding carboxylic acids is 1. The normalized spacial score (nSPS) is 24.1. The smallest absolute Gasteiger partial charge is 0.163 e. The molecule has 0 radical (unpaired) electrons. The lowest BCUT2D eigenvalue weighted by Gasteiger charge is -2.21. The Kier molecular flexibility index (Phi) is 2.83. The fourth-order valence-corrected chi connectivity index (χ4v) is 2.18. The summed E-state index contributed by atoms with van der Waals surface area (Å²) in [6.07, 6.45) is 0.711. The highest BCUT2D eigenvalue weighted by atomic mass is 16.3. The highest BCUT2D eigenvalue weighted by molar-refractivity contribution is 5.97. The fourth-order valence-electron chi connectivity index (χ4n) is 2.18. The van der Waals surface area contributed by atoms with Gasteiger partial charge in [0.2, 0.25) is 0 Å². The SMILES string of the molecule is CC(=O)c1ccc(N2CCC(C)(O)C2)cc1O. The molecule has 1 unspecified atom stereocenters. The van der Waals surface area contributed by atoms with Crippen molar-refractivity contribution < 1.29 is 15.0 Å². The third kappa shape index (κ3) is 2.42. The average Bonchev–Trinajstić information content (AvgIpc) is 2.58. The van der Waals surface area contributed by atoms with Gasteiger partial charge in [-0.2, -0.15) is 0 Å². The largest absolute Gasteiger partial charge is 0.507 e. The number of β-amino-alcohol motifs (C(OH)–C–C–N with tert-alkyl or cyclic N) is 1. The molecule has 0 aromatic heterocycles. The Balaban J connectivity index is 2.24. The van der Waals surface area contributed by atoms with Gasteiger partial charge in [0, 0.05) is 24.8 Å². The second-order valence-corrected chi connectivity index (χ2v) is 4.93. The van der Waals surface area contributed by atoms with Gasteiger partial charge in [-0.15, -0.1) is 0 Å². The summed E-state index contributed by atoms with van der Waals surface area (Å²) < 4.78 is 0. The number of rotatable bonds is 2. The molecule has 1 aliphatic rings. The standard InChI is InChI=1S/C13H17NO3/c1-9(15)11-4-3-10(7-12(11)16)14-6-5-13(2,17)8-14/h3-4,7,16-17H,5-6,8H2,1-2H3. The van der Waals surface area contributed by atoms with Gasteiger partial charge in [-0.1, -0.05) is 0 Å². The van der Waals surface area contributed by atoms with Crippen molar-refractivity contribution in [2.45, 2.75) is 25.9 Å². The Labute approximate surface area is 100 Å². The van der Waals surface area contributed by atoms with Gasteiger partial charge in [0.1, 0.15) is 5.75 Å². The minimum absolute atomic E-state index is 0.00143. The summed E-state index contributed by atoms with van der Waals surface area (Å²) >= 11 is 0. The maximum absolute atomic E-state index is 11.2. The van der Waals surface area contributed by atoms with Crippen LogP contribution in [0.4, 0.5) is 5.69 Å². The van der Waals surface area contributed by atoms with Crippen molar-refractivity contribution in [2.75, 3.05) is 18.0 Å². The van der Waals surface area contributed by atoms with Crippen molar-refractivity contribution in [3.8, 4) is 5.75 Å². The number of hydrogen-bond acceptors (Lipinski definition) is 4. The van der Waals surface area contributed by atoms with Crippen LogP contribution in [0.25, 0.3) is 0 Å². The van der Waals surface area contributed by atoms with Gasteiger partial charge in [-0.05, 0) is 32.4 Å². The lowest BCUT2D eigenvalue weighted by Crippen LogP contribution is -2.29. The number of phenolic OH excluding ortho intramolecular Hbond substituents is 1. The number of phenols is 1. The van der Waals surface area contributed by atoms with Crippen LogP contribution in [-0.2, 0) is 0 Å². The molecule has 1 atom stereocenters. The van der Waals surface area contributed by atoms with Crippen LogP contribution in [0.1, 0.15) is 30.6 Å². The van der Waals surface area contributed by atoms with Crippen LogP contribution >= 0.6 is 0 Å². The minimum Gasteiger partial charge on any atom is -0.507 e. The monoisotopic (exact) mass is 235 g/mol. The number of anilines is 1. The van der Waals surface area contributed by atoms with Crippen LogP contribution in [0.3, 0.4) is 0 Å². The number of nitrogens with zero attached hydrogens (tertiary/aromatic N) is 1. The zero-order valence-electron chi connectivity index (χ0n) is 10.1. The van der Waals surface area contributed by atoms with E-state index in [1.165, 1.54) is 6.92 Å². The molecule has 4 nitrogen and oxygen atoms in total. The molecule has 1 heterocycles. The quantitative estimate of drug-likeness (QED) is 0.764. The molecule has 0 amide bonds. The summed E-state index contributed by atoms with van der Waals surface area (Å²) in [5.74, 6) is -0.149. The maximum atomic E-state index is 11.2. The van der Waals surface area contributed by atoms with Crippen LogP contribution in [0.15, 0.2) is 18.2 Å². The molecule has 1 aromatic carbocycles. The molecule has 2 N–H and O–H groups in total. The van der Waals surface area contributed by atoms with Gasteiger partial charge in [-0.3, -0.25) is 4.79 Å². The Hall–Kier alpha value is -1.55. The summed E-state index contributed by atoms with van der Waals surface area (Å²) in [7, 11) is 0. The Bertz CT molecular complexity index is 454. The Morgan fingerprint density at radius 3 is 2.65 bits per heavy atom. The van der Waals surface area contributed by atoms with E-state index in [-0.39, 0.29) is 11.5 Å². The first-order valence-corrected chi connectivity index (χ1v) is 5.70. The third-order valence-electron chi connectivity index (χ3n) is 3.18. The molecule has 2 rings (SSSR count). The highest BCUT2D eigenvalue weighted by Gasteiger charge is 2.31. The van der Waals surface area contributed by atoms with E-state index < -0.39 is 5.60 Å². The van der Waals surface area contributed by atoms with Crippen molar-refractivity contribution >= 4 is 11.5 Å². The van der Waals surface area contributed by atoms with Crippen LogP contribution in [-0.4, -0.2) is 34.7 Å². The lowest BCUT2D eigenvalue weighted by atomic mass is 10.1. The van der Waals surface area contributed by atoms with E-state index in [1.54, 1.807) is 25.1 Å². The fraction of sp³-hybridized carbons (Fsp3) is 0.462. The first kappa shape index (κ1) is 11.9. The van der Waals surface area contributed by atoms with E-state index >= 15 is 0 Å². The van der Waals surface area contributed by atoms with Crippen molar-refractivity contribution in [1.82, 2.24) is 0 Å². The minimum atomic E-state index is -0.672. The summed E-state index contributed by atoms with van der Waals surface area (Å²) in [6, 6.07) is 5.01. The molecule has 1 aromatic rings. The number of Topliss-reactive ketones (excluding diaryl/α,β-unsaturated/α-hetero) is 1. The molecule has 17 heavy (non-hydrogen) atoms. The topological polar surface area (TPSA) is 60.8 Å². The molecule has 1 saturated heterocycles. The van der Waals surface area contributed by atoms with E-state index in [0.29, 0.717) is 18.5 Å². The second kappa shape index (κ2) is 4.04. The zero-order chi connectivity index (χ0) is 12.6. The van der Waals surface area contributed by atoms with Gasteiger partial charge < -0.3 is 15.1 Å². The number of hydrogen-bond donors (Lipinski definition) is 2. The Morgan fingerprint density at radius 2 is 2.18 bits per heavy atom. The summed E-state index contributed by atoms with van der Waals surface area (Å²) in [6.45, 7) is 4.53. The van der Waals surface area contributed by atoms with Gasteiger partial charge in [-0.25, -0.2) is 0 Å². The molecule has 0 bridgehead atoms. The van der Waals surface area contributed by atoms with Gasteiger partial charge in [0.25, 0.3) is 0 Å². The molecular weight excluding hydrogens is 218 g/mol. The van der Waals surface area contributed by atoms with Gasteiger partial charge in [0.05, 0.1) is 11.2 Å². The van der Waals surface area contributed by atoms with Gasteiger partial charge in [0.15, 0.2) is 5.78 Å². The van der Waals surface area contributed by atoms with E-state index in [4.69, 9.17) is 0 Å². The Morgan fingerprint density at radius 1 is 1.47 bits per heavy atom. The molecule has 0 aliphatic carbocycles. The van der Waals surface area contributed by atoms with E-state index in [1.807, 2.05) is 4.90 Å². The van der Waals surface area contributed by atoms with Crippen LogP contribution < -0.4 is 4.90 Å². The van der Waals surface area contributed by atoms with E-state index in [9.17, 15) is 15.0 Å². The van der Waals surface area contributed by atoms with Crippen molar-refractivity contribution in [3.05, 3.63) is 23.8 Å². The maximum Gasteiger partial charge on any atom is 0.163 e. The summed E-state index contributed by atoms with van der Waals surface area (Å²) in [4.78, 5) is 13.2. The van der Waals surface area contributed by atoms with Crippen LogP contribution in [0, 0.1) is 0 Å². The first-order valence-electron chi connectivity index (χ1n) is 5.70. The van der Waals surface area contributed by atoms with E-state index in [0.717, 1.165) is 12.2 Å². The molecule has 0 saturated carbocycles. The molecule has 1 fully saturated rings. The number of benzene rings is 1.